The van der Waals surface area contributed by atoms with Gasteiger partial charge in [0.25, 0.3) is 0 Å². The fraction of sp³-hybridized carbons (Fsp3) is 0.333. The first-order chi connectivity index (χ1) is 15.2. The zero-order valence-electron chi connectivity index (χ0n) is 18.0. The van der Waals surface area contributed by atoms with Crippen molar-refractivity contribution >= 4 is 16.0 Å². The van der Waals surface area contributed by atoms with Crippen LogP contribution in [0.5, 0.6) is 11.5 Å². The first-order valence-electron chi connectivity index (χ1n) is 10.00. The number of nitrogens with zero attached hydrogens (tertiary/aromatic N) is 4. The molecule has 4 rings (SSSR count). The molecule has 170 valence electrons. The summed E-state index contributed by atoms with van der Waals surface area (Å²) in [4.78, 5) is 4.22. The van der Waals surface area contributed by atoms with E-state index >= 15 is 0 Å². The molecule has 3 aromatic rings. The summed E-state index contributed by atoms with van der Waals surface area (Å²) in [6.45, 7) is 2.06. The van der Waals surface area contributed by atoms with Crippen LogP contribution in [0.2, 0.25) is 0 Å². The van der Waals surface area contributed by atoms with Crippen molar-refractivity contribution in [3.63, 3.8) is 0 Å². The first-order valence-corrected chi connectivity index (χ1v) is 11.4. The largest absolute Gasteiger partial charge is 0.493 e. The van der Waals surface area contributed by atoms with Gasteiger partial charge in [-0.15, -0.1) is 4.09 Å². The Labute approximate surface area is 185 Å². The number of hydrogen-bond donors (Lipinski definition) is 1. The van der Waals surface area contributed by atoms with E-state index < -0.39 is 16.0 Å². The monoisotopic (exact) mass is 461 g/mol. The van der Waals surface area contributed by atoms with Crippen LogP contribution in [-0.4, -0.2) is 47.6 Å². The summed E-state index contributed by atoms with van der Waals surface area (Å²) in [7, 11) is -0.940. The number of anilines is 1. The van der Waals surface area contributed by atoms with Gasteiger partial charge in [0.15, 0.2) is 11.6 Å². The molecule has 2 N–H and O–H groups in total. The molecular formula is C21H24FN5O4S. The number of hydrogen-bond acceptors (Lipinski definition) is 7. The summed E-state index contributed by atoms with van der Waals surface area (Å²) < 4.78 is 53.5. The number of nitrogen functional groups attached to an aromatic ring is 1. The number of ether oxygens (including phenoxy) is 2. The maximum absolute atomic E-state index is 13.8. The predicted molar refractivity (Wildman–Crippen MR) is 117 cm³/mol. The van der Waals surface area contributed by atoms with Crippen LogP contribution in [-0.2, 0) is 23.2 Å². The summed E-state index contributed by atoms with van der Waals surface area (Å²) in [5, 5.41) is 4.32. The van der Waals surface area contributed by atoms with Crippen molar-refractivity contribution < 1.29 is 22.3 Å². The molecule has 0 radical (unpaired) electrons. The Balaban J connectivity index is 1.86. The van der Waals surface area contributed by atoms with Crippen molar-refractivity contribution in [3.8, 4) is 22.6 Å². The zero-order valence-corrected chi connectivity index (χ0v) is 18.8. The molecule has 32 heavy (non-hydrogen) atoms. The number of aromatic nitrogens is 3. The maximum atomic E-state index is 13.8. The van der Waals surface area contributed by atoms with Crippen molar-refractivity contribution in [3.05, 3.63) is 53.2 Å². The standard InChI is InChI=1S/C21H24FN5O4S/c1-13-20-14-10-19(21(23)24-11-14)31-12-15-9-16(22)6-7-18(15)30-8-4-5-17(20)27(25-13)32(28,29)26(2)3/h6-7,9-11H,4-5,8,12H2,1-3H3,(H2,23,24). The van der Waals surface area contributed by atoms with Gasteiger partial charge in [0, 0.05) is 37.0 Å². The highest BCUT2D eigenvalue weighted by molar-refractivity contribution is 7.87. The van der Waals surface area contributed by atoms with Crippen molar-refractivity contribution in [2.45, 2.75) is 26.4 Å². The smallest absolute Gasteiger partial charge is 0.322 e. The minimum absolute atomic E-state index is 0.0303. The van der Waals surface area contributed by atoms with Crippen LogP contribution in [0, 0.1) is 12.7 Å². The molecule has 9 nitrogen and oxygen atoms in total. The van der Waals surface area contributed by atoms with Crippen LogP contribution in [0.4, 0.5) is 10.2 Å². The van der Waals surface area contributed by atoms with Crippen LogP contribution in [0.25, 0.3) is 11.1 Å². The third-order valence-electron chi connectivity index (χ3n) is 5.19. The summed E-state index contributed by atoms with van der Waals surface area (Å²) in [6.07, 6.45) is 2.44. The fourth-order valence-corrected chi connectivity index (χ4v) is 4.58. The second-order valence-electron chi connectivity index (χ2n) is 7.64. The van der Waals surface area contributed by atoms with E-state index in [4.69, 9.17) is 15.2 Å². The fourth-order valence-electron chi connectivity index (χ4n) is 3.58. The van der Waals surface area contributed by atoms with Gasteiger partial charge in [0.2, 0.25) is 0 Å². The number of rotatable bonds is 2. The zero-order chi connectivity index (χ0) is 23.0. The number of nitrogens with two attached hydrogens (primary N) is 1. The lowest BCUT2D eigenvalue weighted by atomic mass is 10.0. The van der Waals surface area contributed by atoms with Crippen molar-refractivity contribution in [1.29, 1.82) is 0 Å². The Morgan fingerprint density at radius 1 is 1.19 bits per heavy atom. The van der Waals surface area contributed by atoms with Gasteiger partial charge in [-0.25, -0.2) is 9.37 Å². The SMILES string of the molecule is Cc1nn(S(=O)(=O)N(C)C)c2c1-c1cnc(N)c(c1)OCc1cc(F)ccc1OCCC2. The Morgan fingerprint density at radius 2 is 1.97 bits per heavy atom. The van der Waals surface area contributed by atoms with Gasteiger partial charge in [0.05, 0.1) is 18.0 Å². The summed E-state index contributed by atoms with van der Waals surface area (Å²) >= 11 is 0. The summed E-state index contributed by atoms with van der Waals surface area (Å²) in [5.74, 6) is 0.539. The summed E-state index contributed by atoms with van der Waals surface area (Å²) in [6, 6.07) is 5.90. The molecule has 0 saturated heterocycles. The molecule has 0 fully saturated rings. The van der Waals surface area contributed by atoms with Crippen molar-refractivity contribution in [2.24, 2.45) is 0 Å². The number of fused-ring (bicyclic) bond motifs is 5. The number of halogens is 1. The van der Waals surface area contributed by atoms with Crippen LogP contribution in [0.1, 0.15) is 23.4 Å². The lowest BCUT2D eigenvalue weighted by Gasteiger charge is -2.15. The topological polar surface area (TPSA) is 113 Å². The van der Waals surface area contributed by atoms with Gasteiger partial charge >= 0.3 is 10.2 Å². The molecule has 0 amide bonds. The molecule has 11 heteroatoms. The van der Waals surface area contributed by atoms with Crippen LogP contribution < -0.4 is 15.2 Å². The second kappa shape index (κ2) is 8.40. The molecule has 0 aliphatic carbocycles. The first kappa shape index (κ1) is 22.0. The van der Waals surface area contributed by atoms with E-state index in [1.807, 2.05) is 0 Å². The highest BCUT2D eigenvalue weighted by atomic mass is 32.2. The van der Waals surface area contributed by atoms with Gasteiger partial charge in [-0.1, -0.05) is 0 Å². The van der Waals surface area contributed by atoms with Gasteiger partial charge in [-0.2, -0.15) is 17.8 Å². The second-order valence-corrected chi connectivity index (χ2v) is 9.61. The Kier molecular flexibility index (Phi) is 5.78. The Hall–Kier alpha value is -3.18. The third kappa shape index (κ3) is 4.00. The van der Waals surface area contributed by atoms with E-state index in [1.165, 1.54) is 26.2 Å². The van der Waals surface area contributed by atoms with Gasteiger partial charge in [-0.3, -0.25) is 0 Å². The van der Waals surface area contributed by atoms with Crippen LogP contribution in [0.3, 0.4) is 0 Å². The molecule has 0 saturated carbocycles. The normalized spacial score (nSPS) is 14.3. The minimum Gasteiger partial charge on any atom is -0.493 e. The maximum Gasteiger partial charge on any atom is 0.322 e. The van der Waals surface area contributed by atoms with E-state index in [-0.39, 0.29) is 12.4 Å². The van der Waals surface area contributed by atoms with Crippen molar-refractivity contribution in [1.82, 2.24) is 18.5 Å². The molecule has 1 aliphatic heterocycles. The quantitative estimate of drug-likeness (QED) is 0.624. The summed E-state index contributed by atoms with van der Waals surface area (Å²) in [5.41, 5.74) is 8.85. The molecule has 2 aromatic heterocycles. The number of pyridine rings is 1. The molecule has 3 heterocycles. The predicted octanol–water partition coefficient (Wildman–Crippen LogP) is 2.53. The lowest BCUT2D eigenvalue weighted by Crippen LogP contribution is -2.31. The lowest BCUT2D eigenvalue weighted by molar-refractivity contribution is 0.276. The molecular weight excluding hydrogens is 437 g/mol. The van der Waals surface area contributed by atoms with Gasteiger partial charge < -0.3 is 15.2 Å². The van der Waals surface area contributed by atoms with Crippen LogP contribution in [0.15, 0.2) is 30.5 Å². The van der Waals surface area contributed by atoms with Gasteiger partial charge in [-0.05, 0) is 44.0 Å². The highest BCUT2D eigenvalue weighted by Crippen LogP contribution is 2.34. The highest BCUT2D eigenvalue weighted by Gasteiger charge is 2.27. The molecule has 1 aromatic carbocycles. The number of benzene rings is 1. The van der Waals surface area contributed by atoms with Gasteiger partial charge in [0.1, 0.15) is 18.2 Å². The van der Waals surface area contributed by atoms with E-state index in [1.54, 1.807) is 25.3 Å². The van der Waals surface area contributed by atoms with Crippen LogP contribution >= 0.6 is 0 Å². The molecule has 0 unspecified atom stereocenters. The molecule has 1 aliphatic rings. The van der Waals surface area contributed by atoms with E-state index in [0.29, 0.717) is 59.0 Å². The average Bonchev–Trinajstić information content (AvgIpc) is 3.08. The molecule has 2 bridgehead atoms. The van der Waals surface area contributed by atoms with E-state index in [9.17, 15) is 12.8 Å². The third-order valence-corrected chi connectivity index (χ3v) is 6.86. The Bertz CT molecular complexity index is 1270. The average molecular weight is 462 g/mol. The number of aryl methyl sites for hydroxylation is 1. The van der Waals surface area contributed by atoms with E-state index in [2.05, 4.69) is 10.1 Å². The molecule has 0 spiro atoms. The van der Waals surface area contributed by atoms with Crippen molar-refractivity contribution in [2.75, 3.05) is 26.4 Å². The van der Waals surface area contributed by atoms with E-state index in [0.717, 1.165) is 8.39 Å². The Morgan fingerprint density at radius 3 is 2.72 bits per heavy atom. The minimum atomic E-state index is -3.84. The molecule has 0 atom stereocenters.